The number of unbranched alkanes of at least 4 members (excludes halogenated alkanes) is 1. The van der Waals surface area contributed by atoms with Gasteiger partial charge in [-0.15, -0.1) is 21.5 Å². The Labute approximate surface area is 331 Å². The maximum atomic E-state index is 13.5. The van der Waals surface area contributed by atoms with Crippen LogP contribution >= 0.6 is 22.9 Å². The van der Waals surface area contributed by atoms with Crippen LogP contribution in [-0.4, -0.2) is 91.5 Å². The van der Waals surface area contributed by atoms with E-state index in [1.807, 2.05) is 35.8 Å². The first kappa shape index (κ1) is 38.8. The minimum atomic E-state index is -1.43. The Kier molecular flexibility index (Phi) is 10.8. The Hall–Kier alpha value is -5.45. The quantitative estimate of drug-likeness (QED) is 0.122. The van der Waals surface area contributed by atoms with E-state index in [4.69, 9.17) is 21.3 Å². The number of hydrogen-bond donors (Lipinski definition) is 4. The van der Waals surface area contributed by atoms with E-state index in [2.05, 4.69) is 40.0 Å². The molecule has 4 N–H and O–H groups in total. The monoisotopic (exact) mass is 800 g/mol. The molecule has 56 heavy (non-hydrogen) atoms. The van der Waals surface area contributed by atoms with Gasteiger partial charge in [-0.3, -0.25) is 38.4 Å². The van der Waals surface area contributed by atoms with Gasteiger partial charge < -0.3 is 25.8 Å². The molecule has 4 aromatic rings. The normalized spacial score (nSPS) is 20.1. The molecule has 3 atom stereocenters. The molecule has 1 saturated heterocycles. The van der Waals surface area contributed by atoms with Gasteiger partial charge in [-0.25, -0.2) is 0 Å². The van der Waals surface area contributed by atoms with Crippen LogP contribution in [0, 0.1) is 20.8 Å². The Morgan fingerprint density at radius 1 is 1.00 bits per heavy atom. The van der Waals surface area contributed by atoms with E-state index in [-0.39, 0.29) is 48.0 Å². The summed E-state index contributed by atoms with van der Waals surface area (Å²) in [4.78, 5) is 71.8. The van der Waals surface area contributed by atoms with Crippen LogP contribution in [0.15, 0.2) is 47.5 Å². The number of hydrogen-bond acceptors (Lipinski definition) is 11. The molecule has 17 heteroatoms. The highest BCUT2D eigenvalue weighted by atomic mass is 35.5. The fourth-order valence-corrected chi connectivity index (χ4v) is 8.58. The molecule has 2 aromatic carbocycles. The van der Waals surface area contributed by atoms with Gasteiger partial charge in [0.2, 0.25) is 11.8 Å². The first-order valence-electron chi connectivity index (χ1n) is 18.3. The molecule has 2 aromatic heterocycles. The number of rotatable bonds is 12. The molecule has 7 rings (SSSR count). The molecule has 0 saturated carbocycles. The molecular weight excluding hydrogens is 760 g/mol. The number of aliphatic hydroxyl groups is 1. The fraction of sp³-hybridized carbons (Fsp3) is 0.385. The highest BCUT2D eigenvalue weighted by Crippen LogP contribution is 2.41. The molecule has 5 amide bonds. The Bertz CT molecular complexity index is 2290. The minimum Gasteiger partial charge on any atom is -0.483 e. The lowest BCUT2D eigenvalue weighted by atomic mass is 9.88. The summed E-state index contributed by atoms with van der Waals surface area (Å²) in [6, 6.07) is 11.4. The van der Waals surface area contributed by atoms with Gasteiger partial charge in [-0.05, 0) is 76.8 Å². The van der Waals surface area contributed by atoms with Crippen molar-refractivity contribution in [1.82, 2.24) is 35.6 Å². The second kappa shape index (κ2) is 15.6. The third-order valence-electron chi connectivity index (χ3n) is 10.5. The number of imide groups is 1. The summed E-state index contributed by atoms with van der Waals surface area (Å²) in [5.41, 5.74) is 2.48. The highest BCUT2D eigenvalue weighted by Gasteiger charge is 2.53. The summed E-state index contributed by atoms with van der Waals surface area (Å²) >= 11 is 7.85. The number of carbonyl (C=O) groups excluding carboxylic acids is 5. The van der Waals surface area contributed by atoms with Crippen LogP contribution in [0.4, 0.5) is 0 Å². The molecule has 0 radical (unpaired) electrons. The maximum absolute atomic E-state index is 13.5. The molecule has 5 heterocycles. The number of aryl methyl sites for hydroxylation is 2. The van der Waals surface area contributed by atoms with Crippen molar-refractivity contribution >= 4 is 58.2 Å². The van der Waals surface area contributed by atoms with Gasteiger partial charge in [0.15, 0.2) is 12.4 Å². The van der Waals surface area contributed by atoms with Gasteiger partial charge in [0.25, 0.3) is 17.7 Å². The number of amides is 5. The van der Waals surface area contributed by atoms with Crippen molar-refractivity contribution in [2.24, 2.45) is 4.99 Å². The third kappa shape index (κ3) is 7.19. The lowest BCUT2D eigenvalue weighted by Crippen LogP contribution is -2.65. The number of carbonyl (C=O) groups is 5. The van der Waals surface area contributed by atoms with Crippen LogP contribution in [0.25, 0.3) is 5.00 Å². The molecule has 3 aliphatic rings. The van der Waals surface area contributed by atoms with E-state index in [0.717, 1.165) is 37.2 Å². The first-order chi connectivity index (χ1) is 26.8. The molecule has 292 valence electrons. The number of fused-ring (bicyclic) bond motifs is 4. The van der Waals surface area contributed by atoms with Crippen molar-refractivity contribution in [3.8, 4) is 10.8 Å². The molecule has 0 spiro atoms. The van der Waals surface area contributed by atoms with E-state index in [0.29, 0.717) is 42.6 Å². The van der Waals surface area contributed by atoms with Crippen LogP contribution in [0.5, 0.6) is 5.75 Å². The molecule has 1 fully saturated rings. The predicted octanol–water partition coefficient (Wildman–Crippen LogP) is 3.86. The van der Waals surface area contributed by atoms with Gasteiger partial charge >= 0.3 is 0 Å². The molecule has 1 unspecified atom stereocenters. The average molecular weight is 801 g/mol. The summed E-state index contributed by atoms with van der Waals surface area (Å²) in [5, 5.41) is 29.1. The average Bonchev–Trinajstić information content (AvgIpc) is 3.75. The number of halogens is 1. The Balaban J connectivity index is 0.910. The minimum absolute atomic E-state index is 0.00113. The van der Waals surface area contributed by atoms with Crippen LogP contribution in [0.2, 0.25) is 5.02 Å². The van der Waals surface area contributed by atoms with Crippen LogP contribution in [0.1, 0.15) is 99.0 Å². The Morgan fingerprint density at radius 3 is 2.43 bits per heavy atom. The molecule has 0 bridgehead atoms. The summed E-state index contributed by atoms with van der Waals surface area (Å²) in [6.07, 6.45) is -0.0851. The van der Waals surface area contributed by atoms with E-state index in [9.17, 15) is 29.1 Å². The van der Waals surface area contributed by atoms with Crippen LogP contribution in [0.3, 0.4) is 0 Å². The predicted molar refractivity (Wildman–Crippen MR) is 207 cm³/mol. The topological polar surface area (TPSA) is 197 Å². The van der Waals surface area contributed by atoms with Crippen molar-refractivity contribution in [2.45, 2.75) is 77.6 Å². The zero-order chi connectivity index (χ0) is 39.9. The smallest absolute Gasteiger partial charge is 0.265 e. The molecule has 3 aliphatic heterocycles. The Morgan fingerprint density at radius 2 is 1.71 bits per heavy atom. The second-order valence-electron chi connectivity index (χ2n) is 14.3. The van der Waals surface area contributed by atoms with Gasteiger partial charge in [0.05, 0.1) is 28.8 Å². The summed E-state index contributed by atoms with van der Waals surface area (Å²) in [6.45, 7) is 7.87. The van der Waals surface area contributed by atoms with Crippen molar-refractivity contribution in [3.63, 3.8) is 0 Å². The zero-order valence-corrected chi connectivity index (χ0v) is 32.8. The number of nitrogens with one attached hydrogen (secondary N) is 3. The maximum Gasteiger partial charge on any atom is 0.265 e. The summed E-state index contributed by atoms with van der Waals surface area (Å²) < 4.78 is 7.70. The van der Waals surface area contributed by atoms with E-state index in [1.54, 1.807) is 24.3 Å². The number of benzene rings is 2. The van der Waals surface area contributed by atoms with Crippen LogP contribution in [-0.2, 0) is 14.4 Å². The number of nitrogens with zero attached hydrogens (tertiary/aromatic N) is 5. The second-order valence-corrected chi connectivity index (χ2v) is 15.9. The van der Waals surface area contributed by atoms with E-state index >= 15 is 0 Å². The molecule has 0 aliphatic carbocycles. The van der Waals surface area contributed by atoms with Crippen molar-refractivity contribution in [3.05, 3.63) is 91.8 Å². The highest BCUT2D eigenvalue weighted by molar-refractivity contribution is 7.15. The van der Waals surface area contributed by atoms with Gasteiger partial charge in [0.1, 0.15) is 28.8 Å². The number of aromatic nitrogens is 3. The SMILES string of the molecule is Cc1sc2c(c1C)C(c1ccc(Cl)cc1)=N[C@@H](CC(=O)NCCCCNC(=O)COc1cccc3c1C(=O)N([C@]1(C)CCC(=O)NC1O)C3=O)c1nnc(C)n1-2. The number of thiophene rings is 1. The molecular formula is C39H41ClN8O7S. The third-order valence-corrected chi connectivity index (χ3v) is 11.9. The number of aliphatic hydroxyl groups excluding tert-OH is 1. The zero-order valence-electron chi connectivity index (χ0n) is 31.3. The van der Waals surface area contributed by atoms with Crippen LogP contribution < -0.4 is 20.7 Å². The largest absolute Gasteiger partial charge is 0.483 e. The van der Waals surface area contributed by atoms with Gasteiger partial charge in [0, 0.05) is 40.5 Å². The van der Waals surface area contributed by atoms with Crippen molar-refractivity contribution < 1.29 is 33.8 Å². The molecule has 15 nitrogen and oxygen atoms in total. The van der Waals surface area contributed by atoms with Crippen molar-refractivity contribution in [2.75, 3.05) is 19.7 Å². The summed E-state index contributed by atoms with van der Waals surface area (Å²) in [7, 11) is 0. The van der Waals surface area contributed by atoms with Gasteiger partial charge in [-0.2, -0.15) is 0 Å². The van der Waals surface area contributed by atoms with Gasteiger partial charge in [-0.1, -0.05) is 29.8 Å². The number of ether oxygens (including phenoxy) is 1. The van der Waals surface area contributed by atoms with E-state index < -0.39 is 42.1 Å². The standard InChI is InChI=1S/C39H41ClN8O7S/c1-20-21(2)56-37-31(20)33(23-10-12-24(40)13-11-23)43-26(34-46-45-22(3)47(34)37)18-29(50)41-16-5-6-17-42-30(51)19-55-27-9-7-8-25-32(27)36(53)48(35(25)52)39(4)15-14-28(49)44-38(39)54/h7-13,26,38,54H,5-6,14-19H2,1-4H3,(H,41,50)(H,42,51)(H,44,49)/t26-,38?,39+/m0/s1. The number of piperidine rings is 1. The summed E-state index contributed by atoms with van der Waals surface area (Å²) in [5.74, 6) is -0.933. The lowest BCUT2D eigenvalue weighted by molar-refractivity contribution is -0.133. The fourth-order valence-electron chi connectivity index (χ4n) is 7.24. The first-order valence-corrected chi connectivity index (χ1v) is 19.5. The van der Waals surface area contributed by atoms with E-state index in [1.165, 1.54) is 12.1 Å². The number of aliphatic imine (C=N–C) groups is 1. The van der Waals surface area contributed by atoms with Crippen molar-refractivity contribution in [1.29, 1.82) is 0 Å². The lowest BCUT2D eigenvalue weighted by Gasteiger charge is -2.43.